The number of nitrogens with one attached hydrogen (secondary N) is 2. The van der Waals surface area contributed by atoms with Crippen LogP contribution in [-0.2, 0) is 9.53 Å². The third kappa shape index (κ3) is 11.6. The van der Waals surface area contributed by atoms with Crippen molar-refractivity contribution in [3.63, 3.8) is 0 Å². The molecule has 17 heavy (non-hydrogen) atoms. The van der Waals surface area contributed by atoms with E-state index < -0.39 is 6.10 Å². The molecular formula is C11H25N3O3. The zero-order chi connectivity index (χ0) is 13.1. The van der Waals surface area contributed by atoms with E-state index >= 15 is 0 Å². The first kappa shape index (κ1) is 16.3. The van der Waals surface area contributed by atoms with E-state index in [1.54, 1.807) is 7.11 Å². The molecule has 0 bridgehead atoms. The molecule has 1 atom stereocenters. The Morgan fingerprint density at radius 3 is 2.71 bits per heavy atom. The van der Waals surface area contributed by atoms with Gasteiger partial charge in [-0.2, -0.15) is 0 Å². The Morgan fingerprint density at radius 2 is 2.12 bits per heavy atom. The number of nitrogens with zero attached hydrogens (tertiary/aromatic N) is 1. The van der Waals surface area contributed by atoms with Gasteiger partial charge in [-0.3, -0.25) is 4.79 Å². The first-order valence-corrected chi connectivity index (χ1v) is 5.85. The van der Waals surface area contributed by atoms with Gasteiger partial charge in [0.15, 0.2) is 0 Å². The Kier molecular flexibility index (Phi) is 10.0. The Hall–Kier alpha value is -0.690. The number of likely N-dealkylation sites (N-methyl/N-ethyl adjacent to an activating group) is 1. The summed E-state index contributed by atoms with van der Waals surface area (Å²) in [4.78, 5) is 13.2. The van der Waals surface area contributed by atoms with Crippen molar-refractivity contribution in [3.05, 3.63) is 0 Å². The van der Waals surface area contributed by atoms with Crippen molar-refractivity contribution >= 4 is 5.91 Å². The highest BCUT2D eigenvalue weighted by atomic mass is 16.5. The first-order valence-electron chi connectivity index (χ1n) is 5.85. The number of amides is 1. The summed E-state index contributed by atoms with van der Waals surface area (Å²) in [5.41, 5.74) is 0. The van der Waals surface area contributed by atoms with Crippen molar-refractivity contribution in [1.82, 2.24) is 15.5 Å². The van der Waals surface area contributed by atoms with Gasteiger partial charge in [-0.25, -0.2) is 0 Å². The molecule has 3 N–H and O–H groups in total. The van der Waals surface area contributed by atoms with Crippen molar-refractivity contribution in [2.24, 2.45) is 0 Å². The van der Waals surface area contributed by atoms with Crippen molar-refractivity contribution in [1.29, 1.82) is 0 Å². The van der Waals surface area contributed by atoms with E-state index in [9.17, 15) is 9.90 Å². The maximum absolute atomic E-state index is 11.3. The second-order valence-corrected chi connectivity index (χ2v) is 4.21. The summed E-state index contributed by atoms with van der Waals surface area (Å²) < 4.78 is 4.82. The van der Waals surface area contributed by atoms with E-state index in [0.29, 0.717) is 39.2 Å². The normalized spacial score (nSPS) is 12.8. The molecule has 6 nitrogen and oxygen atoms in total. The predicted molar refractivity (Wildman–Crippen MR) is 66.9 cm³/mol. The van der Waals surface area contributed by atoms with Crippen LogP contribution in [0.25, 0.3) is 0 Å². The average molecular weight is 247 g/mol. The van der Waals surface area contributed by atoms with Crippen LogP contribution < -0.4 is 10.6 Å². The van der Waals surface area contributed by atoms with E-state index in [1.807, 2.05) is 19.0 Å². The van der Waals surface area contributed by atoms with E-state index in [-0.39, 0.29) is 5.91 Å². The molecule has 0 aliphatic rings. The fourth-order valence-corrected chi connectivity index (χ4v) is 1.34. The number of aliphatic hydroxyl groups excluding tert-OH is 1. The van der Waals surface area contributed by atoms with Crippen LogP contribution in [0.15, 0.2) is 0 Å². The van der Waals surface area contributed by atoms with Crippen LogP contribution in [0, 0.1) is 0 Å². The lowest BCUT2D eigenvalue weighted by Crippen LogP contribution is -2.37. The molecule has 0 aromatic heterocycles. The molecule has 1 unspecified atom stereocenters. The Morgan fingerprint density at radius 1 is 1.41 bits per heavy atom. The maximum Gasteiger partial charge on any atom is 0.221 e. The van der Waals surface area contributed by atoms with Gasteiger partial charge in [-0.1, -0.05) is 0 Å². The molecule has 6 heteroatoms. The molecule has 0 aromatic rings. The lowest BCUT2D eigenvalue weighted by molar-refractivity contribution is -0.121. The third-order valence-corrected chi connectivity index (χ3v) is 2.11. The lowest BCUT2D eigenvalue weighted by atomic mass is 10.3. The average Bonchev–Trinajstić information content (AvgIpc) is 2.24. The first-order chi connectivity index (χ1) is 8.06. The molecule has 0 saturated carbocycles. The van der Waals surface area contributed by atoms with Gasteiger partial charge in [0.2, 0.25) is 5.91 Å². The summed E-state index contributed by atoms with van der Waals surface area (Å²) in [6.07, 6.45) is 0.0137. The number of methoxy groups -OCH3 is 1. The summed E-state index contributed by atoms with van der Waals surface area (Å²) in [5.74, 6) is -0.00310. The van der Waals surface area contributed by atoms with Crippen LogP contribution in [0.3, 0.4) is 0 Å². The molecule has 0 saturated heterocycles. The molecule has 0 spiro atoms. The molecule has 0 aliphatic heterocycles. The van der Waals surface area contributed by atoms with Gasteiger partial charge >= 0.3 is 0 Å². The Labute approximate surface area is 103 Å². The Bertz CT molecular complexity index is 200. The van der Waals surface area contributed by atoms with E-state index in [1.165, 1.54) is 0 Å². The summed E-state index contributed by atoms with van der Waals surface area (Å²) >= 11 is 0. The maximum atomic E-state index is 11.3. The molecule has 0 aromatic carbocycles. The highest BCUT2D eigenvalue weighted by Crippen LogP contribution is 1.85. The zero-order valence-corrected chi connectivity index (χ0v) is 11.0. The van der Waals surface area contributed by atoms with Crippen LogP contribution >= 0.6 is 0 Å². The van der Waals surface area contributed by atoms with Crippen LogP contribution in [0.4, 0.5) is 0 Å². The third-order valence-electron chi connectivity index (χ3n) is 2.11. The predicted octanol–water partition coefficient (Wildman–Crippen LogP) is -1.35. The van der Waals surface area contributed by atoms with Gasteiger partial charge in [0.05, 0.1) is 12.7 Å². The molecule has 0 radical (unpaired) electrons. The summed E-state index contributed by atoms with van der Waals surface area (Å²) in [5, 5.41) is 15.3. The number of aliphatic hydroxyl groups is 1. The number of hydrogen-bond donors (Lipinski definition) is 3. The van der Waals surface area contributed by atoms with Gasteiger partial charge < -0.3 is 25.4 Å². The molecule has 0 heterocycles. The minimum atomic E-state index is -0.401. The molecule has 0 rings (SSSR count). The topological polar surface area (TPSA) is 73.8 Å². The minimum Gasteiger partial charge on any atom is -0.390 e. The van der Waals surface area contributed by atoms with E-state index in [2.05, 4.69) is 10.6 Å². The molecule has 0 fully saturated rings. The number of ether oxygens (including phenoxy) is 1. The number of carbonyl (C=O) groups is 1. The van der Waals surface area contributed by atoms with E-state index in [4.69, 9.17) is 4.74 Å². The highest BCUT2D eigenvalue weighted by molar-refractivity contribution is 5.75. The summed E-state index contributed by atoms with van der Waals surface area (Å²) in [6.45, 7) is 2.76. The van der Waals surface area contributed by atoms with Crippen molar-refractivity contribution < 1.29 is 14.6 Å². The molecule has 0 aliphatic carbocycles. The standard InChI is InChI=1S/C11H25N3O3/c1-14(2)9-10(15)8-12-5-4-11(16)13-6-7-17-3/h10,12,15H,4-9H2,1-3H3,(H,13,16). The number of hydrogen-bond acceptors (Lipinski definition) is 5. The quantitative estimate of drug-likeness (QED) is 0.416. The Balaban J connectivity index is 3.35. The van der Waals surface area contributed by atoms with Crippen molar-refractivity contribution in [2.45, 2.75) is 12.5 Å². The van der Waals surface area contributed by atoms with E-state index in [0.717, 1.165) is 0 Å². The van der Waals surface area contributed by atoms with Gasteiger partial charge in [-0.05, 0) is 14.1 Å². The summed E-state index contributed by atoms with van der Waals surface area (Å²) in [7, 11) is 5.42. The van der Waals surface area contributed by atoms with Gasteiger partial charge in [0, 0.05) is 39.7 Å². The largest absolute Gasteiger partial charge is 0.390 e. The molecule has 102 valence electrons. The fourth-order valence-electron chi connectivity index (χ4n) is 1.34. The van der Waals surface area contributed by atoms with Crippen molar-refractivity contribution in [3.8, 4) is 0 Å². The monoisotopic (exact) mass is 247 g/mol. The second-order valence-electron chi connectivity index (χ2n) is 4.21. The molecular weight excluding hydrogens is 222 g/mol. The van der Waals surface area contributed by atoms with Gasteiger partial charge in [0.1, 0.15) is 0 Å². The van der Waals surface area contributed by atoms with Crippen LogP contribution in [0.2, 0.25) is 0 Å². The van der Waals surface area contributed by atoms with Crippen LogP contribution in [0.1, 0.15) is 6.42 Å². The lowest BCUT2D eigenvalue weighted by Gasteiger charge is -2.16. The van der Waals surface area contributed by atoms with Crippen LogP contribution in [-0.4, -0.2) is 76.0 Å². The SMILES string of the molecule is COCCNC(=O)CCNCC(O)CN(C)C. The molecule has 1 amide bonds. The summed E-state index contributed by atoms with van der Waals surface area (Å²) in [6, 6.07) is 0. The minimum absolute atomic E-state index is 0.00310. The highest BCUT2D eigenvalue weighted by Gasteiger charge is 2.05. The fraction of sp³-hybridized carbons (Fsp3) is 0.909. The zero-order valence-electron chi connectivity index (χ0n) is 11.0. The number of rotatable bonds is 10. The van der Waals surface area contributed by atoms with Gasteiger partial charge in [0.25, 0.3) is 0 Å². The number of carbonyl (C=O) groups excluding carboxylic acids is 1. The smallest absolute Gasteiger partial charge is 0.221 e. The van der Waals surface area contributed by atoms with Gasteiger partial charge in [-0.15, -0.1) is 0 Å². The van der Waals surface area contributed by atoms with Crippen LogP contribution in [0.5, 0.6) is 0 Å². The van der Waals surface area contributed by atoms with Crippen molar-refractivity contribution in [2.75, 3.05) is 54.0 Å². The second kappa shape index (κ2) is 10.5.